The molecule has 0 atom stereocenters. The minimum Gasteiger partial charge on any atom is -0.294 e. The number of nitro benzene ring substituents is 1. The van der Waals surface area contributed by atoms with Crippen molar-refractivity contribution in [1.82, 2.24) is 14.1 Å². The molecule has 2 aromatic rings. The topological polar surface area (TPSA) is 100 Å². The van der Waals surface area contributed by atoms with E-state index < -0.39 is 16.2 Å². The summed E-state index contributed by atoms with van der Waals surface area (Å²) in [6, 6.07) is 14.9. The van der Waals surface area contributed by atoms with Crippen molar-refractivity contribution in [3.05, 3.63) is 85.5 Å². The van der Waals surface area contributed by atoms with Gasteiger partial charge in [0.05, 0.1) is 16.0 Å². The van der Waals surface area contributed by atoms with Crippen LogP contribution in [0.25, 0.3) is 28.0 Å². The Balaban J connectivity index is 2.16. The van der Waals surface area contributed by atoms with Crippen LogP contribution in [0.1, 0.15) is 0 Å². The zero-order chi connectivity index (χ0) is 18.4. The number of para-hydroxylation sites is 1. The molecule has 0 radical (unpaired) electrons. The Morgan fingerprint density at radius 3 is 2.42 bits per heavy atom. The van der Waals surface area contributed by atoms with E-state index in [4.69, 9.17) is 0 Å². The highest BCUT2D eigenvalue weighted by molar-refractivity contribution is 5.87. The molecular weight excluding hydrogens is 336 g/mol. The molecule has 0 fully saturated rings. The summed E-state index contributed by atoms with van der Waals surface area (Å²) in [5, 5.41) is 11.7. The molecule has 8 heteroatoms. The van der Waals surface area contributed by atoms with Crippen LogP contribution in [0.15, 0.2) is 64.2 Å². The van der Waals surface area contributed by atoms with Crippen molar-refractivity contribution in [2.75, 3.05) is 0 Å². The van der Waals surface area contributed by atoms with Gasteiger partial charge in [-0.15, -0.1) is 0 Å². The lowest BCUT2D eigenvalue weighted by Crippen LogP contribution is -2.35. The second-order valence-corrected chi connectivity index (χ2v) is 5.81. The number of rotatable bonds is 2. The predicted octanol–water partition coefficient (Wildman–Crippen LogP) is 2.10. The Morgan fingerprint density at radius 1 is 1.04 bits per heavy atom. The fourth-order valence-electron chi connectivity index (χ4n) is 2.95. The summed E-state index contributed by atoms with van der Waals surface area (Å²) in [6.45, 7) is 0. The van der Waals surface area contributed by atoms with Crippen LogP contribution in [0.5, 0.6) is 0 Å². The first kappa shape index (κ1) is 15.7. The van der Waals surface area contributed by atoms with Crippen molar-refractivity contribution >= 4 is 16.6 Å². The van der Waals surface area contributed by atoms with Crippen LogP contribution in [0, 0.1) is 10.1 Å². The van der Waals surface area contributed by atoms with Gasteiger partial charge in [-0.25, -0.2) is 4.79 Å². The zero-order valence-electron chi connectivity index (χ0n) is 13.6. The number of nitrogens with zero attached hydrogens (tertiary/aromatic N) is 4. The molecule has 26 heavy (non-hydrogen) atoms. The second kappa shape index (κ2) is 5.62. The first-order valence-corrected chi connectivity index (χ1v) is 7.74. The van der Waals surface area contributed by atoms with Crippen molar-refractivity contribution in [2.45, 2.75) is 0 Å². The van der Waals surface area contributed by atoms with E-state index in [0.29, 0.717) is 11.3 Å². The van der Waals surface area contributed by atoms with E-state index in [9.17, 15) is 19.7 Å². The molecule has 0 saturated carbocycles. The van der Waals surface area contributed by atoms with Gasteiger partial charge in [-0.05, 0) is 29.7 Å². The smallest absolute Gasteiger partial charge is 0.294 e. The summed E-state index contributed by atoms with van der Waals surface area (Å²) in [6.07, 6.45) is 0. The zero-order valence-corrected chi connectivity index (χ0v) is 13.6. The summed E-state index contributed by atoms with van der Waals surface area (Å²) >= 11 is 0. The van der Waals surface area contributed by atoms with Gasteiger partial charge in [-0.3, -0.25) is 24.0 Å². The average molecular weight is 348 g/mol. The lowest BCUT2D eigenvalue weighted by atomic mass is 10.1. The van der Waals surface area contributed by atoms with E-state index in [0.717, 1.165) is 15.5 Å². The monoisotopic (exact) mass is 348 g/mol. The van der Waals surface area contributed by atoms with E-state index in [1.165, 1.54) is 19.2 Å². The van der Waals surface area contributed by atoms with Crippen molar-refractivity contribution in [1.29, 1.82) is 0 Å². The average Bonchev–Trinajstić information content (AvgIpc) is 2.65. The Bertz CT molecular complexity index is 1260. The third-order valence-corrected chi connectivity index (χ3v) is 4.27. The van der Waals surface area contributed by atoms with E-state index in [2.05, 4.69) is 4.98 Å². The van der Waals surface area contributed by atoms with Crippen molar-refractivity contribution in [3.63, 3.8) is 0 Å². The molecule has 0 unspecified atom stereocenters. The number of hydrogen-bond acceptors (Lipinski definition) is 5. The number of nitro groups is 1. The lowest BCUT2D eigenvalue weighted by Gasteiger charge is -2.18. The van der Waals surface area contributed by atoms with Gasteiger partial charge in [0.25, 0.3) is 11.2 Å². The third-order valence-electron chi connectivity index (χ3n) is 4.27. The molecule has 0 aromatic heterocycles. The summed E-state index contributed by atoms with van der Waals surface area (Å²) in [5.41, 5.74) is 0.442. The molecule has 2 aliphatic heterocycles. The van der Waals surface area contributed by atoms with Gasteiger partial charge in [-0.1, -0.05) is 18.2 Å². The minimum absolute atomic E-state index is 0.0488. The normalized spacial score (nSPS) is 11.1. The highest BCUT2D eigenvalue weighted by Gasteiger charge is 2.19. The van der Waals surface area contributed by atoms with Crippen LogP contribution < -0.4 is 11.2 Å². The fraction of sp³-hybridized carbons (Fsp3) is 0.0556. The standard InChI is InChI=1S/C18H12N4O4/c1-20-17(23)14-10-11-4-2-3-5-15(11)21(16(14)19-18(20)24)12-6-8-13(9-7-12)22(25)26/h2-10H,1H3. The number of hydrogen-bond donors (Lipinski definition) is 0. The van der Waals surface area contributed by atoms with E-state index in [-0.39, 0.29) is 11.5 Å². The van der Waals surface area contributed by atoms with Crippen LogP contribution in [0.2, 0.25) is 0 Å². The maximum absolute atomic E-state index is 12.5. The molecule has 0 amide bonds. The molecule has 0 saturated heterocycles. The van der Waals surface area contributed by atoms with Gasteiger partial charge in [0, 0.05) is 24.9 Å². The Morgan fingerprint density at radius 2 is 1.73 bits per heavy atom. The highest BCUT2D eigenvalue weighted by Crippen LogP contribution is 2.28. The van der Waals surface area contributed by atoms with Crippen molar-refractivity contribution in [3.8, 4) is 17.1 Å². The molecule has 0 N–H and O–H groups in total. The molecule has 0 spiro atoms. The number of fused-ring (bicyclic) bond motifs is 2. The summed E-state index contributed by atoms with van der Waals surface area (Å²) in [5.74, 6) is 0.214. The van der Waals surface area contributed by atoms with Crippen molar-refractivity contribution in [2.24, 2.45) is 7.05 Å². The van der Waals surface area contributed by atoms with Crippen LogP contribution >= 0.6 is 0 Å². The SMILES string of the molecule is Cn1c(=O)nc2n(-c3ccc([N+](=O)[O-])cc3)c3ccccc3cc-2c1=O. The molecule has 2 aromatic carbocycles. The van der Waals surface area contributed by atoms with Gasteiger partial charge in [0.1, 0.15) is 0 Å². The molecule has 2 aliphatic rings. The first-order chi connectivity index (χ1) is 12.5. The Kier molecular flexibility index (Phi) is 3.40. The Labute approximate surface area is 146 Å². The first-order valence-electron chi connectivity index (χ1n) is 7.74. The van der Waals surface area contributed by atoms with Gasteiger partial charge in [0.15, 0.2) is 5.82 Å². The van der Waals surface area contributed by atoms with Crippen LogP contribution in [-0.4, -0.2) is 19.0 Å². The molecule has 8 nitrogen and oxygen atoms in total. The van der Waals surface area contributed by atoms with Crippen LogP contribution in [-0.2, 0) is 7.05 Å². The summed E-state index contributed by atoms with van der Waals surface area (Å²) in [7, 11) is 1.38. The van der Waals surface area contributed by atoms with Gasteiger partial charge < -0.3 is 0 Å². The number of non-ortho nitro benzene ring substituents is 1. The van der Waals surface area contributed by atoms with Gasteiger partial charge in [-0.2, -0.15) is 4.98 Å². The maximum Gasteiger partial charge on any atom is 0.352 e. The molecule has 2 heterocycles. The molecule has 128 valence electrons. The molecule has 0 aliphatic carbocycles. The minimum atomic E-state index is -0.659. The largest absolute Gasteiger partial charge is 0.352 e. The van der Waals surface area contributed by atoms with E-state index >= 15 is 0 Å². The molecule has 0 bridgehead atoms. The second-order valence-electron chi connectivity index (χ2n) is 5.81. The van der Waals surface area contributed by atoms with Gasteiger partial charge in [0.2, 0.25) is 0 Å². The van der Waals surface area contributed by atoms with Gasteiger partial charge >= 0.3 is 5.69 Å². The number of benzene rings is 2. The van der Waals surface area contributed by atoms with Crippen LogP contribution in [0.3, 0.4) is 0 Å². The summed E-state index contributed by atoms with van der Waals surface area (Å²) in [4.78, 5) is 39.1. The Hall–Kier alpha value is -3.81. The summed E-state index contributed by atoms with van der Waals surface area (Å²) < 4.78 is 2.62. The van der Waals surface area contributed by atoms with E-state index in [1.54, 1.807) is 22.8 Å². The molecular formula is C18H12N4O4. The lowest BCUT2D eigenvalue weighted by molar-refractivity contribution is -0.384. The predicted molar refractivity (Wildman–Crippen MR) is 95.9 cm³/mol. The third kappa shape index (κ3) is 2.27. The highest BCUT2D eigenvalue weighted by atomic mass is 16.6. The fourth-order valence-corrected chi connectivity index (χ4v) is 2.95. The molecule has 4 rings (SSSR count). The van der Waals surface area contributed by atoms with Crippen LogP contribution in [0.4, 0.5) is 5.69 Å². The van der Waals surface area contributed by atoms with Crippen molar-refractivity contribution < 1.29 is 4.92 Å². The van der Waals surface area contributed by atoms with E-state index in [1.807, 2.05) is 24.3 Å². The quantitative estimate of drug-likeness (QED) is 0.314. The maximum atomic E-state index is 12.5. The number of aromatic nitrogens is 3. The number of pyridine rings is 1.